The van der Waals surface area contributed by atoms with Gasteiger partial charge in [-0.2, -0.15) is 11.8 Å². The molecule has 2 N–H and O–H groups in total. The van der Waals surface area contributed by atoms with Gasteiger partial charge in [0.15, 0.2) is 0 Å². The molecular weight excluding hydrogens is 323 g/mol. The number of hydrogen-bond acceptors (Lipinski definition) is 4. The van der Waals surface area contributed by atoms with Crippen LogP contribution in [0.4, 0.5) is 0 Å². The molecule has 1 rings (SSSR count). The number of carbonyl (C=O) groups excluding carboxylic acids is 1. The van der Waals surface area contributed by atoms with E-state index in [9.17, 15) is 9.59 Å². The maximum absolute atomic E-state index is 10.8. The second kappa shape index (κ2) is 8.34. The number of hydrogen-bond donors (Lipinski definition) is 2. The van der Waals surface area contributed by atoms with Crippen LogP contribution in [-0.2, 0) is 15.3 Å². The van der Waals surface area contributed by atoms with Crippen LogP contribution < -0.4 is 5.32 Å². The van der Waals surface area contributed by atoms with Gasteiger partial charge in [0.1, 0.15) is 11.2 Å². The summed E-state index contributed by atoms with van der Waals surface area (Å²) in [6, 6.07) is 0.860. The van der Waals surface area contributed by atoms with Crippen molar-refractivity contribution in [3.8, 4) is 0 Å². The van der Waals surface area contributed by atoms with E-state index in [1.807, 2.05) is 0 Å². The number of carboxylic acids is 1. The predicted molar refractivity (Wildman–Crippen MR) is 80.4 cm³/mol. The van der Waals surface area contributed by atoms with Crippen LogP contribution >= 0.6 is 35.0 Å². The first-order chi connectivity index (χ1) is 9.45. The Balaban J connectivity index is 2.49. The van der Waals surface area contributed by atoms with Crippen LogP contribution in [-0.4, -0.2) is 34.3 Å². The van der Waals surface area contributed by atoms with E-state index >= 15 is 0 Å². The number of nitrogens with zero attached hydrogens (tertiary/aromatic N) is 1. The molecule has 8 heteroatoms. The quantitative estimate of drug-likeness (QED) is 0.433. The molecule has 0 spiro atoms. The number of carboxylic acid groups (broad SMARTS) is 1. The molecule has 110 valence electrons. The molecule has 1 amide bonds. The zero-order valence-electron chi connectivity index (χ0n) is 10.7. The average molecular weight is 337 g/mol. The second-order valence-electron chi connectivity index (χ2n) is 4.03. The van der Waals surface area contributed by atoms with Gasteiger partial charge in [-0.25, -0.2) is 9.78 Å². The summed E-state index contributed by atoms with van der Waals surface area (Å²) in [4.78, 5) is 25.2. The number of thioether (sulfide) groups is 1. The number of nitrogens with one attached hydrogen (secondary N) is 1. The molecule has 0 aliphatic rings. The Morgan fingerprint density at radius 3 is 2.85 bits per heavy atom. The predicted octanol–water partition coefficient (Wildman–Crippen LogP) is 2.52. The Labute approximate surface area is 131 Å². The summed E-state index contributed by atoms with van der Waals surface area (Å²) in [5.41, 5.74) is 1.48. The van der Waals surface area contributed by atoms with Gasteiger partial charge < -0.3 is 10.4 Å². The summed E-state index contributed by atoms with van der Waals surface area (Å²) in [5, 5.41) is 12.0. The van der Waals surface area contributed by atoms with Gasteiger partial charge in [-0.1, -0.05) is 23.2 Å². The van der Waals surface area contributed by atoms with Crippen molar-refractivity contribution >= 4 is 47.3 Å². The van der Waals surface area contributed by atoms with E-state index in [2.05, 4.69) is 10.3 Å². The van der Waals surface area contributed by atoms with Gasteiger partial charge in [-0.05, 0) is 25.2 Å². The van der Waals surface area contributed by atoms with Crippen molar-refractivity contribution in [2.45, 2.75) is 25.1 Å². The second-order valence-corrected chi connectivity index (χ2v) is 5.90. The van der Waals surface area contributed by atoms with Gasteiger partial charge in [0.05, 0.1) is 0 Å². The first kappa shape index (κ1) is 17.1. The van der Waals surface area contributed by atoms with Crippen LogP contribution in [0.15, 0.2) is 6.07 Å². The number of aryl methyl sites for hydroxylation is 1. The highest BCUT2D eigenvalue weighted by Gasteiger charge is 2.16. The van der Waals surface area contributed by atoms with Crippen LogP contribution in [0.1, 0.15) is 17.7 Å². The Bertz CT molecular complexity index is 477. The Hall–Kier alpha value is -0.980. The fourth-order valence-electron chi connectivity index (χ4n) is 1.49. The third-order valence-corrected chi connectivity index (χ3v) is 4.18. The lowest BCUT2D eigenvalue weighted by molar-refractivity contribution is -0.140. The zero-order valence-corrected chi connectivity index (χ0v) is 13.1. The van der Waals surface area contributed by atoms with Crippen LogP contribution in [0.25, 0.3) is 0 Å². The number of aromatic nitrogens is 1. The van der Waals surface area contributed by atoms with Crippen molar-refractivity contribution in [3.05, 3.63) is 27.5 Å². The van der Waals surface area contributed by atoms with Gasteiger partial charge in [-0.15, -0.1) is 0 Å². The van der Waals surface area contributed by atoms with E-state index in [0.29, 0.717) is 34.5 Å². The molecule has 20 heavy (non-hydrogen) atoms. The maximum atomic E-state index is 10.8. The minimum Gasteiger partial charge on any atom is -0.480 e. The van der Waals surface area contributed by atoms with Crippen LogP contribution in [0.3, 0.4) is 0 Å². The molecule has 1 aromatic heterocycles. The highest BCUT2D eigenvalue weighted by Crippen LogP contribution is 2.28. The molecule has 0 aromatic carbocycles. The molecule has 1 aromatic rings. The van der Waals surface area contributed by atoms with E-state index in [-0.39, 0.29) is 0 Å². The standard InChI is InChI=1S/C12H14Cl2N2O3S/c1-7-4-9(13)8(11(14)16-7)5-20-3-2-10(12(18)19)15-6-17/h4,6,10H,2-3,5H2,1H3,(H,15,17)(H,18,19). The SMILES string of the molecule is Cc1cc(Cl)c(CSCCC(NC=O)C(=O)O)c(Cl)n1. The summed E-state index contributed by atoms with van der Waals surface area (Å²) in [6.07, 6.45) is 0.717. The maximum Gasteiger partial charge on any atom is 0.326 e. The molecule has 0 aliphatic heterocycles. The normalized spacial score (nSPS) is 11.9. The van der Waals surface area contributed by atoms with Crippen LogP contribution in [0.2, 0.25) is 10.2 Å². The molecule has 1 unspecified atom stereocenters. The molecular formula is C12H14Cl2N2O3S. The highest BCUT2D eigenvalue weighted by molar-refractivity contribution is 7.98. The summed E-state index contributed by atoms with van der Waals surface area (Å²) in [6.45, 7) is 1.80. The highest BCUT2D eigenvalue weighted by atomic mass is 35.5. The van der Waals surface area contributed by atoms with E-state index in [4.69, 9.17) is 28.3 Å². The van der Waals surface area contributed by atoms with Gasteiger partial charge in [0, 0.05) is 22.0 Å². The van der Waals surface area contributed by atoms with E-state index in [1.54, 1.807) is 13.0 Å². The fraction of sp³-hybridized carbons (Fsp3) is 0.417. The Morgan fingerprint density at radius 1 is 1.60 bits per heavy atom. The minimum atomic E-state index is -1.05. The summed E-state index contributed by atoms with van der Waals surface area (Å²) < 4.78 is 0. The van der Waals surface area contributed by atoms with Gasteiger partial charge in [-0.3, -0.25) is 4.79 Å². The van der Waals surface area contributed by atoms with Crippen molar-refractivity contribution in [2.75, 3.05) is 5.75 Å². The van der Waals surface area contributed by atoms with Crippen molar-refractivity contribution in [3.63, 3.8) is 0 Å². The van der Waals surface area contributed by atoms with Gasteiger partial charge in [0.25, 0.3) is 0 Å². The van der Waals surface area contributed by atoms with Crippen molar-refractivity contribution < 1.29 is 14.7 Å². The van der Waals surface area contributed by atoms with Crippen molar-refractivity contribution in [1.82, 2.24) is 10.3 Å². The first-order valence-corrected chi connectivity index (χ1v) is 7.68. The molecule has 0 fully saturated rings. The monoisotopic (exact) mass is 336 g/mol. The first-order valence-electron chi connectivity index (χ1n) is 5.77. The summed E-state index contributed by atoms with van der Waals surface area (Å²) >= 11 is 13.6. The third-order valence-electron chi connectivity index (χ3n) is 2.51. The topological polar surface area (TPSA) is 79.3 Å². The van der Waals surface area contributed by atoms with Crippen molar-refractivity contribution in [1.29, 1.82) is 0 Å². The summed E-state index contributed by atoms with van der Waals surface area (Å²) in [5.74, 6) is 0.0437. The fourth-order valence-corrected chi connectivity index (χ4v) is 3.35. The number of rotatable bonds is 8. The molecule has 1 heterocycles. The third kappa shape index (κ3) is 5.19. The lowest BCUT2D eigenvalue weighted by Crippen LogP contribution is -2.36. The molecule has 1 atom stereocenters. The Morgan fingerprint density at radius 2 is 2.30 bits per heavy atom. The molecule has 0 radical (unpaired) electrons. The number of amides is 1. The minimum absolute atomic E-state index is 0.327. The number of carbonyl (C=O) groups is 2. The van der Waals surface area contributed by atoms with E-state index in [1.165, 1.54) is 11.8 Å². The molecule has 0 saturated carbocycles. The van der Waals surface area contributed by atoms with Gasteiger partial charge in [0.2, 0.25) is 6.41 Å². The summed E-state index contributed by atoms with van der Waals surface area (Å²) in [7, 11) is 0. The lowest BCUT2D eigenvalue weighted by atomic mass is 10.2. The Kier molecular flexibility index (Phi) is 7.12. The lowest BCUT2D eigenvalue weighted by Gasteiger charge is -2.11. The van der Waals surface area contributed by atoms with Crippen LogP contribution in [0.5, 0.6) is 0 Å². The van der Waals surface area contributed by atoms with E-state index < -0.39 is 12.0 Å². The van der Waals surface area contributed by atoms with E-state index in [0.717, 1.165) is 11.3 Å². The zero-order chi connectivity index (χ0) is 15.1. The molecule has 0 bridgehead atoms. The largest absolute Gasteiger partial charge is 0.480 e. The number of pyridine rings is 1. The van der Waals surface area contributed by atoms with Crippen molar-refractivity contribution in [2.24, 2.45) is 0 Å². The number of halogens is 2. The number of aliphatic carboxylic acids is 1. The van der Waals surface area contributed by atoms with Gasteiger partial charge >= 0.3 is 5.97 Å². The average Bonchev–Trinajstić information content (AvgIpc) is 2.35. The van der Waals surface area contributed by atoms with Crippen LogP contribution in [0, 0.1) is 6.92 Å². The molecule has 0 saturated heterocycles. The smallest absolute Gasteiger partial charge is 0.326 e. The molecule has 5 nitrogen and oxygen atoms in total. The molecule has 0 aliphatic carbocycles.